The summed E-state index contributed by atoms with van der Waals surface area (Å²) in [7, 11) is 2.10. The molecular formula is C33H37FN6O4. The second-order valence-corrected chi connectivity index (χ2v) is 11.5. The molecule has 2 saturated heterocycles. The fourth-order valence-corrected chi connectivity index (χ4v) is 6.20. The van der Waals surface area contributed by atoms with Crippen LogP contribution >= 0.6 is 0 Å². The number of rotatable bonds is 8. The molecule has 3 atom stereocenters. The third-order valence-corrected chi connectivity index (χ3v) is 8.71. The fourth-order valence-electron chi connectivity index (χ4n) is 6.20. The van der Waals surface area contributed by atoms with E-state index in [2.05, 4.69) is 21.7 Å². The number of likely N-dealkylation sites (N-methyl/N-ethyl adjacent to an activating group) is 1. The van der Waals surface area contributed by atoms with Crippen molar-refractivity contribution in [2.24, 2.45) is 0 Å². The first-order chi connectivity index (χ1) is 21.5. The van der Waals surface area contributed by atoms with Crippen molar-refractivity contribution < 1.29 is 23.4 Å². The van der Waals surface area contributed by atoms with Crippen LogP contribution in [0.5, 0.6) is 6.01 Å². The van der Waals surface area contributed by atoms with Crippen molar-refractivity contribution in [3.8, 4) is 6.01 Å². The molecule has 0 radical (unpaired) electrons. The highest BCUT2D eigenvalue weighted by molar-refractivity contribution is 5.69. The molecule has 4 heterocycles. The highest BCUT2D eigenvalue weighted by atomic mass is 19.1. The Morgan fingerprint density at radius 2 is 1.91 bits per heavy atom. The number of carbonyl (C=O) groups excluding carboxylic acids is 1. The van der Waals surface area contributed by atoms with E-state index in [9.17, 15) is 9.18 Å². The Kier molecular flexibility index (Phi) is 9.19. The Balaban J connectivity index is 1.23. The Bertz CT molecular complexity index is 1500. The van der Waals surface area contributed by atoms with Crippen LogP contribution in [0.25, 0.3) is 4.85 Å². The first-order valence-electron chi connectivity index (χ1n) is 15.1. The molecule has 0 aliphatic carbocycles. The van der Waals surface area contributed by atoms with Gasteiger partial charge < -0.3 is 28.9 Å². The van der Waals surface area contributed by atoms with Gasteiger partial charge in [0, 0.05) is 43.2 Å². The smallest absolute Gasteiger partial charge is 0.410 e. The molecular weight excluding hydrogens is 563 g/mol. The number of likely N-dealkylation sites (tertiary alicyclic amines) is 1. The maximum absolute atomic E-state index is 14.7. The summed E-state index contributed by atoms with van der Waals surface area (Å²) in [6, 6.07) is 16.4. The molecule has 11 heteroatoms. The molecule has 2 aromatic carbocycles. The number of halogens is 1. The molecule has 3 aromatic rings. The van der Waals surface area contributed by atoms with Gasteiger partial charge in [-0.2, -0.15) is 9.97 Å². The van der Waals surface area contributed by atoms with Gasteiger partial charge in [0.1, 0.15) is 30.9 Å². The average Bonchev–Trinajstić information content (AvgIpc) is 3.47. The van der Waals surface area contributed by atoms with E-state index in [1.807, 2.05) is 30.3 Å². The van der Waals surface area contributed by atoms with E-state index < -0.39 is 12.2 Å². The fraction of sp³-hybridized carbons (Fsp3) is 0.455. The lowest BCUT2D eigenvalue weighted by atomic mass is 9.98. The predicted octanol–water partition coefficient (Wildman–Crippen LogP) is 4.65. The number of hydrogen-bond acceptors (Lipinski definition) is 8. The van der Waals surface area contributed by atoms with Crippen molar-refractivity contribution in [3.05, 3.63) is 94.2 Å². The van der Waals surface area contributed by atoms with Crippen LogP contribution in [0.2, 0.25) is 0 Å². The van der Waals surface area contributed by atoms with Crippen molar-refractivity contribution >= 4 is 11.9 Å². The number of nitrogens with zero attached hydrogens (tertiary/aromatic N) is 6. The second-order valence-electron chi connectivity index (χ2n) is 11.5. The number of piperazine rings is 1. The predicted molar refractivity (Wildman–Crippen MR) is 162 cm³/mol. The van der Waals surface area contributed by atoms with Gasteiger partial charge in [0.15, 0.2) is 0 Å². The minimum Gasteiger partial charge on any atom is -0.462 e. The molecule has 0 spiro atoms. The Hall–Kier alpha value is -4.27. The topological polar surface area (TPSA) is 84.6 Å². The second kappa shape index (κ2) is 13.6. The van der Waals surface area contributed by atoms with E-state index in [-0.39, 0.29) is 37.6 Å². The average molecular weight is 601 g/mol. The molecule has 10 nitrogen and oxygen atoms in total. The maximum atomic E-state index is 14.7. The number of fused-ring (bicyclic) bond motifs is 1. The van der Waals surface area contributed by atoms with Gasteiger partial charge in [-0.3, -0.25) is 4.90 Å². The van der Waals surface area contributed by atoms with E-state index >= 15 is 0 Å². The molecule has 0 bridgehead atoms. The standard InChI is InChI=1S/C33H37FN6O4/c1-35-18-25-19-39(15-16-40(25)33(41)44-20-23-9-4-3-5-10-23)31-27-22-42-30(26-12-6-7-13-28(26)34)17-29(27)36-32(37-31)43-21-24-11-8-14-38(24)2/h3-7,9-10,12-13,24-25,30H,8,11,14-22H2,2H3/t24-,25-,30?/m0/s1. The highest BCUT2D eigenvalue weighted by Gasteiger charge is 2.37. The van der Waals surface area contributed by atoms with E-state index in [0.717, 1.165) is 36.2 Å². The molecule has 1 unspecified atom stereocenters. The summed E-state index contributed by atoms with van der Waals surface area (Å²) in [5.74, 6) is 0.359. The normalized spacial score (nSPS) is 21.9. The van der Waals surface area contributed by atoms with E-state index in [1.165, 1.54) is 6.07 Å². The number of carbonyl (C=O) groups is 1. The summed E-state index contributed by atoms with van der Waals surface area (Å²) in [6.45, 7) is 10.8. The molecule has 230 valence electrons. The van der Waals surface area contributed by atoms with Crippen LogP contribution in [0.3, 0.4) is 0 Å². The van der Waals surface area contributed by atoms with Crippen LogP contribution in [0.4, 0.5) is 15.0 Å². The lowest BCUT2D eigenvalue weighted by molar-refractivity contribution is 0.0232. The lowest BCUT2D eigenvalue weighted by Gasteiger charge is -2.40. The SMILES string of the molecule is [C-]#[N+]C[C@H]1CN(c2nc(OC[C@@H]3CCCN3C)nc3c2COC(c2ccccc2F)C3)CCN1C(=O)OCc1ccccc1. The van der Waals surface area contributed by atoms with Crippen molar-refractivity contribution in [1.82, 2.24) is 19.8 Å². The third-order valence-electron chi connectivity index (χ3n) is 8.71. The largest absolute Gasteiger partial charge is 0.462 e. The summed E-state index contributed by atoms with van der Waals surface area (Å²) in [6.07, 6.45) is 1.64. The van der Waals surface area contributed by atoms with Crippen molar-refractivity contribution in [3.63, 3.8) is 0 Å². The molecule has 1 aromatic heterocycles. The van der Waals surface area contributed by atoms with Crippen LogP contribution < -0.4 is 9.64 Å². The molecule has 6 rings (SSSR count). The van der Waals surface area contributed by atoms with Gasteiger partial charge in [-0.15, -0.1) is 0 Å². The van der Waals surface area contributed by atoms with Crippen molar-refractivity contribution in [1.29, 1.82) is 0 Å². The van der Waals surface area contributed by atoms with Gasteiger partial charge in [0.05, 0.1) is 18.4 Å². The molecule has 1 amide bonds. The van der Waals surface area contributed by atoms with Gasteiger partial charge >= 0.3 is 12.1 Å². The number of hydrogen-bond donors (Lipinski definition) is 0. The van der Waals surface area contributed by atoms with Gasteiger partial charge in [-0.05, 0) is 38.1 Å². The van der Waals surface area contributed by atoms with E-state index in [4.69, 9.17) is 30.8 Å². The monoisotopic (exact) mass is 600 g/mol. The maximum Gasteiger partial charge on any atom is 0.410 e. The third kappa shape index (κ3) is 6.61. The molecule has 3 aliphatic rings. The summed E-state index contributed by atoms with van der Waals surface area (Å²) in [5, 5.41) is 0. The minimum atomic E-state index is -0.480. The lowest BCUT2D eigenvalue weighted by Crippen LogP contribution is -2.57. The van der Waals surface area contributed by atoms with Gasteiger partial charge in [0.2, 0.25) is 6.54 Å². The Morgan fingerprint density at radius 3 is 2.68 bits per heavy atom. The van der Waals surface area contributed by atoms with E-state index in [0.29, 0.717) is 50.1 Å². The zero-order chi connectivity index (χ0) is 30.5. The summed E-state index contributed by atoms with van der Waals surface area (Å²) in [4.78, 5) is 32.4. The molecule has 44 heavy (non-hydrogen) atoms. The number of ether oxygens (including phenoxy) is 3. The minimum absolute atomic E-state index is 0.132. The zero-order valence-electron chi connectivity index (χ0n) is 24.9. The Labute approximate surface area is 257 Å². The van der Waals surface area contributed by atoms with Crippen LogP contribution in [0, 0.1) is 12.4 Å². The molecule has 3 aliphatic heterocycles. The number of anilines is 1. The number of benzene rings is 2. The molecule has 2 fully saturated rings. The van der Waals surface area contributed by atoms with Gasteiger partial charge in [-0.1, -0.05) is 48.5 Å². The van der Waals surface area contributed by atoms with Crippen molar-refractivity contribution in [2.45, 2.75) is 50.7 Å². The molecule has 0 saturated carbocycles. The van der Waals surface area contributed by atoms with Gasteiger partial charge in [0.25, 0.3) is 0 Å². The number of amides is 1. The quantitative estimate of drug-likeness (QED) is 0.346. The first-order valence-corrected chi connectivity index (χ1v) is 15.1. The van der Waals surface area contributed by atoms with Crippen molar-refractivity contribution in [2.75, 3.05) is 51.3 Å². The molecule has 0 N–H and O–H groups in total. The van der Waals surface area contributed by atoms with Crippen LogP contribution in [-0.2, 0) is 29.1 Å². The van der Waals surface area contributed by atoms with Crippen LogP contribution in [-0.4, -0.2) is 84.3 Å². The summed E-state index contributed by atoms with van der Waals surface area (Å²) in [5.41, 5.74) is 2.98. The van der Waals surface area contributed by atoms with Gasteiger partial charge in [-0.25, -0.2) is 15.8 Å². The van der Waals surface area contributed by atoms with Crippen LogP contribution in [0.15, 0.2) is 54.6 Å². The highest BCUT2D eigenvalue weighted by Crippen LogP contribution is 2.36. The van der Waals surface area contributed by atoms with E-state index in [1.54, 1.807) is 23.1 Å². The van der Waals surface area contributed by atoms with Crippen LogP contribution in [0.1, 0.15) is 41.3 Å². The Morgan fingerprint density at radius 1 is 1.09 bits per heavy atom. The number of aromatic nitrogens is 2. The zero-order valence-corrected chi connectivity index (χ0v) is 24.9. The summed E-state index contributed by atoms with van der Waals surface area (Å²) >= 11 is 0. The first kappa shape index (κ1) is 29.8. The summed E-state index contributed by atoms with van der Waals surface area (Å²) < 4.78 is 32.7.